The highest BCUT2D eigenvalue weighted by Crippen LogP contribution is 2.32. The lowest BCUT2D eigenvalue weighted by atomic mass is 10.2. The van der Waals surface area contributed by atoms with Gasteiger partial charge in [-0.2, -0.15) is 0 Å². The normalized spacial score (nSPS) is 16.1. The van der Waals surface area contributed by atoms with Crippen LogP contribution in [0.15, 0.2) is 21.9 Å². The van der Waals surface area contributed by atoms with Gasteiger partial charge in [0.05, 0.1) is 11.4 Å². The van der Waals surface area contributed by atoms with Gasteiger partial charge < -0.3 is 4.90 Å². The summed E-state index contributed by atoms with van der Waals surface area (Å²) in [6, 6.07) is 3.70. The van der Waals surface area contributed by atoms with Crippen molar-refractivity contribution in [2.24, 2.45) is 5.11 Å². The molecule has 0 aliphatic carbocycles. The van der Waals surface area contributed by atoms with Crippen LogP contribution in [0.5, 0.6) is 0 Å². The van der Waals surface area contributed by atoms with Crippen molar-refractivity contribution in [1.82, 2.24) is 10.3 Å². The molecule has 0 radical (unpaired) electrons. The predicted molar refractivity (Wildman–Crippen MR) is 71.3 cm³/mol. The number of aromatic nitrogens is 2. The van der Waals surface area contributed by atoms with E-state index in [-0.39, 0.29) is 0 Å². The molecule has 1 aromatic heterocycles. The van der Waals surface area contributed by atoms with Crippen LogP contribution in [0.3, 0.4) is 0 Å². The second-order valence-corrected chi connectivity index (χ2v) is 4.66. The van der Waals surface area contributed by atoms with Gasteiger partial charge in [-0.05, 0) is 40.8 Å². The van der Waals surface area contributed by atoms with Gasteiger partial charge >= 0.3 is 0 Å². The van der Waals surface area contributed by atoms with Crippen LogP contribution in [0.4, 0.5) is 11.4 Å². The van der Waals surface area contributed by atoms with Crippen molar-refractivity contribution in [3.05, 3.63) is 22.6 Å². The van der Waals surface area contributed by atoms with E-state index >= 15 is 0 Å². The molecule has 1 saturated heterocycles. The third kappa shape index (κ3) is 2.20. The van der Waals surface area contributed by atoms with E-state index in [0.717, 1.165) is 18.8 Å². The Morgan fingerprint density at radius 2 is 1.84 bits per heavy atom. The van der Waals surface area contributed by atoms with Gasteiger partial charge in [0.2, 0.25) is 0 Å². The molecule has 0 N–H and O–H groups in total. The van der Waals surface area contributed by atoms with Gasteiger partial charge in [-0.3, -0.25) is 0 Å². The largest absolute Gasteiger partial charge is 0.370 e. The van der Waals surface area contributed by atoms with E-state index < -0.39 is 0 Å². The van der Waals surface area contributed by atoms with Crippen LogP contribution in [0.25, 0.3) is 21.5 Å². The van der Waals surface area contributed by atoms with E-state index in [2.05, 4.69) is 25.2 Å². The SMILES string of the molecule is [N-]=[N+]=Nc1ccc(N2CCCCCC2)c2nonc12. The van der Waals surface area contributed by atoms with Gasteiger partial charge in [-0.25, -0.2) is 4.63 Å². The third-order valence-electron chi connectivity index (χ3n) is 3.47. The van der Waals surface area contributed by atoms with Gasteiger partial charge in [-0.15, -0.1) is 0 Å². The Morgan fingerprint density at radius 1 is 1.11 bits per heavy atom. The molecule has 2 heterocycles. The Kier molecular flexibility index (Phi) is 3.20. The Labute approximate surface area is 109 Å². The molecule has 98 valence electrons. The fourth-order valence-electron chi connectivity index (χ4n) is 2.54. The Hall–Kier alpha value is -2.27. The first-order valence-electron chi connectivity index (χ1n) is 6.45. The zero-order valence-corrected chi connectivity index (χ0v) is 10.5. The number of fused-ring (bicyclic) bond motifs is 1. The molecule has 7 heteroatoms. The van der Waals surface area contributed by atoms with Crippen LogP contribution in [0, 0.1) is 0 Å². The summed E-state index contributed by atoms with van der Waals surface area (Å²) in [5.74, 6) is 0. The number of benzene rings is 1. The minimum atomic E-state index is 0.456. The van der Waals surface area contributed by atoms with Crippen LogP contribution in [0.2, 0.25) is 0 Å². The fourth-order valence-corrected chi connectivity index (χ4v) is 2.54. The molecule has 0 unspecified atom stereocenters. The zero-order valence-electron chi connectivity index (χ0n) is 10.5. The number of nitrogens with zero attached hydrogens (tertiary/aromatic N) is 6. The van der Waals surface area contributed by atoms with Gasteiger partial charge in [0.1, 0.15) is 5.52 Å². The van der Waals surface area contributed by atoms with Crippen molar-refractivity contribution in [3.63, 3.8) is 0 Å². The number of hydrogen-bond donors (Lipinski definition) is 0. The lowest BCUT2D eigenvalue weighted by Gasteiger charge is -2.22. The van der Waals surface area contributed by atoms with E-state index in [1.165, 1.54) is 25.7 Å². The topological polar surface area (TPSA) is 90.9 Å². The highest BCUT2D eigenvalue weighted by Gasteiger charge is 2.17. The maximum atomic E-state index is 8.54. The molecule has 3 rings (SSSR count). The van der Waals surface area contributed by atoms with Crippen LogP contribution < -0.4 is 4.90 Å². The first kappa shape index (κ1) is 11.8. The van der Waals surface area contributed by atoms with E-state index in [0.29, 0.717) is 16.7 Å². The van der Waals surface area contributed by atoms with Crippen molar-refractivity contribution in [3.8, 4) is 0 Å². The van der Waals surface area contributed by atoms with Crippen molar-refractivity contribution in [1.29, 1.82) is 0 Å². The minimum absolute atomic E-state index is 0.456. The Balaban J connectivity index is 2.06. The Bertz CT molecular complexity index is 622. The van der Waals surface area contributed by atoms with E-state index in [9.17, 15) is 0 Å². The summed E-state index contributed by atoms with van der Waals surface area (Å²) in [5.41, 5.74) is 11.2. The fraction of sp³-hybridized carbons (Fsp3) is 0.500. The monoisotopic (exact) mass is 258 g/mol. The molecule has 1 aromatic carbocycles. The highest BCUT2D eigenvalue weighted by molar-refractivity contribution is 5.95. The maximum absolute atomic E-state index is 8.54. The number of rotatable bonds is 2. The molecule has 2 aromatic rings. The number of hydrogen-bond acceptors (Lipinski definition) is 5. The minimum Gasteiger partial charge on any atom is -0.370 e. The Morgan fingerprint density at radius 3 is 2.58 bits per heavy atom. The molecule has 1 aliphatic rings. The second-order valence-electron chi connectivity index (χ2n) is 4.66. The molecule has 19 heavy (non-hydrogen) atoms. The zero-order chi connectivity index (χ0) is 13.1. The summed E-state index contributed by atoms with van der Waals surface area (Å²) in [7, 11) is 0. The number of anilines is 1. The maximum Gasteiger partial charge on any atom is 0.158 e. The van der Waals surface area contributed by atoms with Crippen molar-refractivity contribution >= 4 is 22.4 Å². The third-order valence-corrected chi connectivity index (χ3v) is 3.47. The molecular weight excluding hydrogens is 244 g/mol. The molecule has 1 fully saturated rings. The van der Waals surface area contributed by atoms with E-state index in [1.54, 1.807) is 6.07 Å². The predicted octanol–water partition coefficient (Wildman–Crippen LogP) is 3.55. The first-order valence-corrected chi connectivity index (χ1v) is 6.45. The van der Waals surface area contributed by atoms with Gasteiger partial charge in [0.15, 0.2) is 5.52 Å². The molecule has 0 bridgehead atoms. The summed E-state index contributed by atoms with van der Waals surface area (Å²) in [6.07, 6.45) is 4.91. The molecular formula is C12H14N6O. The van der Waals surface area contributed by atoms with Gasteiger partial charge in [0, 0.05) is 18.0 Å². The van der Waals surface area contributed by atoms with Crippen LogP contribution >= 0.6 is 0 Å². The summed E-state index contributed by atoms with van der Waals surface area (Å²) < 4.78 is 4.80. The summed E-state index contributed by atoms with van der Waals surface area (Å²) in [5, 5.41) is 11.4. The van der Waals surface area contributed by atoms with Crippen molar-refractivity contribution < 1.29 is 4.63 Å². The van der Waals surface area contributed by atoms with E-state index in [4.69, 9.17) is 10.2 Å². The average molecular weight is 258 g/mol. The summed E-state index contributed by atoms with van der Waals surface area (Å²) >= 11 is 0. The molecule has 0 spiro atoms. The molecule has 1 aliphatic heterocycles. The summed E-state index contributed by atoms with van der Waals surface area (Å²) in [4.78, 5) is 5.10. The second kappa shape index (κ2) is 5.16. The van der Waals surface area contributed by atoms with Gasteiger partial charge in [-0.1, -0.05) is 18.0 Å². The summed E-state index contributed by atoms with van der Waals surface area (Å²) in [6.45, 7) is 2.03. The first-order chi connectivity index (χ1) is 9.40. The quantitative estimate of drug-likeness (QED) is 0.468. The standard InChI is InChI=1S/C12H14N6O/c13-17-14-9-5-6-10(12-11(9)15-19-16-12)18-7-3-1-2-4-8-18/h5-6H,1-4,7-8H2. The highest BCUT2D eigenvalue weighted by atomic mass is 16.6. The van der Waals surface area contributed by atoms with Crippen LogP contribution in [0.1, 0.15) is 25.7 Å². The molecule has 0 atom stereocenters. The van der Waals surface area contributed by atoms with Crippen LogP contribution in [-0.2, 0) is 0 Å². The lowest BCUT2D eigenvalue weighted by Crippen LogP contribution is -2.24. The van der Waals surface area contributed by atoms with Crippen molar-refractivity contribution in [2.45, 2.75) is 25.7 Å². The van der Waals surface area contributed by atoms with E-state index in [1.807, 2.05) is 6.07 Å². The number of azide groups is 1. The lowest BCUT2D eigenvalue weighted by molar-refractivity contribution is 0.315. The smallest absolute Gasteiger partial charge is 0.158 e. The van der Waals surface area contributed by atoms with Gasteiger partial charge in [0.25, 0.3) is 0 Å². The van der Waals surface area contributed by atoms with Crippen LogP contribution in [-0.4, -0.2) is 23.4 Å². The van der Waals surface area contributed by atoms with Crippen molar-refractivity contribution in [2.75, 3.05) is 18.0 Å². The molecule has 0 saturated carbocycles. The average Bonchev–Trinajstić information content (AvgIpc) is 2.76. The molecule has 7 nitrogen and oxygen atoms in total. The molecule has 0 amide bonds.